The molecule has 0 radical (unpaired) electrons. The highest BCUT2D eigenvalue weighted by atomic mass is 32.2. The van der Waals surface area contributed by atoms with E-state index >= 15 is 0 Å². The van der Waals surface area contributed by atoms with Crippen molar-refractivity contribution in [3.05, 3.63) is 117 Å². The van der Waals surface area contributed by atoms with Gasteiger partial charge in [-0.25, -0.2) is 18.6 Å². The number of aromatic nitrogens is 2. The molecule has 0 saturated carbocycles. The molecule has 1 aliphatic rings. The normalized spacial score (nSPS) is 15.5. The molecular weight excluding hydrogens is 520 g/mol. The summed E-state index contributed by atoms with van der Waals surface area (Å²) in [6, 6.07) is 21.5. The van der Waals surface area contributed by atoms with Gasteiger partial charge in [0.15, 0.2) is 0 Å². The van der Waals surface area contributed by atoms with E-state index in [0.29, 0.717) is 18.1 Å². The van der Waals surface area contributed by atoms with Gasteiger partial charge in [-0.3, -0.25) is 19.9 Å². The fourth-order valence-electron chi connectivity index (χ4n) is 4.79. The first-order valence-corrected chi connectivity index (χ1v) is 13.8. The fourth-order valence-corrected chi connectivity index (χ4v) is 6.35. The van der Waals surface area contributed by atoms with Gasteiger partial charge in [-0.15, -0.1) is 0 Å². The second kappa shape index (κ2) is 10.9. The van der Waals surface area contributed by atoms with E-state index in [2.05, 4.69) is 5.10 Å². The van der Waals surface area contributed by atoms with Crippen LogP contribution >= 0.6 is 0 Å². The Morgan fingerprint density at radius 2 is 1.77 bits per heavy atom. The molecule has 2 heterocycles. The van der Waals surface area contributed by atoms with Gasteiger partial charge in [0.25, 0.3) is 11.5 Å². The number of aryl methyl sites for hydroxylation is 1. The Balaban J connectivity index is 1.41. The molecule has 5 rings (SSSR count). The highest BCUT2D eigenvalue weighted by Crippen LogP contribution is 2.33. The van der Waals surface area contributed by atoms with E-state index < -0.39 is 27.5 Å². The minimum absolute atomic E-state index is 0.00888. The summed E-state index contributed by atoms with van der Waals surface area (Å²) in [7, 11) is -4.22. The number of carbonyl (C=O) groups is 1. The number of ether oxygens (including phenoxy) is 1. The number of rotatable bonds is 8. The zero-order valence-corrected chi connectivity index (χ0v) is 22.0. The number of hydroxylamine groups is 1. The van der Waals surface area contributed by atoms with Gasteiger partial charge in [0.2, 0.25) is 10.0 Å². The summed E-state index contributed by atoms with van der Waals surface area (Å²) in [5.41, 5.74) is 4.40. The van der Waals surface area contributed by atoms with Crippen LogP contribution in [0.1, 0.15) is 34.0 Å². The minimum atomic E-state index is -4.22. The molecule has 0 bridgehead atoms. The second-order valence-corrected chi connectivity index (χ2v) is 11.3. The first-order valence-electron chi connectivity index (χ1n) is 12.4. The number of fused-ring (bicyclic) bond motifs is 1. The van der Waals surface area contributed by atoms with Crippen molar-refractivity contribution in [1.82, 2.24) is 19.6 Å². The fraction of sp³-hybridized carbons (Fsp3) is 0.214. The molecular formula is C28H28N4O6S. The van der Waals surface area contributed by atoms with Crippen molar-refractivity contribution in [2.45, 2.75) is 37.4 Å². The molecule has 1 aliphatic heterocycles. The van der Waals surface area contributed by atoms with Gasteiger partial charge < -0.3 is 4.74 Å². The van der Waals surface area contributed by atoms with Crippen LogP contribution in [0.15, 0.2) is 88.6 Å². The van der Waals surface area contributed by atoms with E-state index in [9.17, 15) is 23.2 Å². The second-order valence-electron chi connectivity index (χ2n) is 9.37. The molecule has 39 heavy (non-hydrogen) atoms. The zero-order valence-electron chi connectivity index (χ0n) is 21.2. The first kappa shape index (κ1) is 26.4. The van der Waals surface area contributed by atoms with E-state index in [1.54, 1.807) is 12.1 Å². The average molecular weight is 549 g/mol. The summed E-state index contributed by atoms with van der Waals surface area (Å²) in [4.78, 5) is 26.1. The van der Waals surface area contributed by atoms with Crippen LogP contribution in [-0.2, 0) is 34.4 Å². The maximum Gasteiger partial charge on any atom is 0.272 e. The molecule has 0 aliphatic carbocycles. The van der Waals surface area contributed by atoms with Crippen LogP contribution in [0.3, 0.4) is 0 Å². The molecule has 1 unspecified atom stereocenters. The molecule has 3 N–H and O–H groups in total. The number of amides is 1. The molecule has 4 aromatic rings. The molecule has 0 spiro atoms. The standard InChI is InChI=1S/C28H28N4O6S/c1-19-6-5-9-21(16-19)18-38-22-10-12-23(13-11-22)39(36,37)32-15-14-24-25(26(32)27(33)30-35)28(34)31(29-24)17-20-7-3-2-4-8-20/h2-13,16,26,29,35H,14-15,17-18H2,1H3,(H,30,33). The Morgan fingerprint density at radius 3 is 2.46 bits per heavy atom. The largest absolute Gasteiger partial charge is 0.489 e. The molecule has 202 valence electrons. The van der Waals surface area contributed by atoms with E-state index in [1.165, 1.54) is 22.3 Å². The van der Waals surface area contributed by atoms with Crippen molar-refractivity contribution in [1.29, 1.82) is 0 Å². The smallest absolute Gasteiger partial charge is 0.272 e. The Morgan fingerprint density at radius 1 is 1.05 bits per heavy atom. The summed E-state index contributed by atoms with van der Waals surface area (Å²) < 4.78 is 35.4. The SMILES string of the molecule is Cc1cccc(COc2ccc(S(=O)(=O)N3CCc4[nH]n(Cc5ccccc5)c(=O)c4C3C(=O)NO)cc2)c1. The molecule has 3 aromatic carbocycles. The van der Waals surface area contributed by atoms with Gasteiger partial charge in [0.1, 0.15) is 18.4 Å². The number of hydrogen-bond acceptors (Lipinski definition) is 6. The third-order valence-electron chi connectivity index (χ3n) is 6.67. The van der Waals surface area contributed by atoms with Gasteiger partial charge >= 0.3 is 0 Å². The van der Waals surface area contributed by atoms with Crippen molar-refractivity contribution >= 4 is 15.9 Å². The maximum atomic E-state index is 13.7. The number of sulfonamides is 1. The van der Waals surface area contributed by atoms with Gasteiger partial charge in [0, 0.05) is 18.7 Å². The third-order valence-corrected chi connectivity index (χ3v) is 8.55. The van der Waals surface area contributed by atoms with Crippen molar-refractivity contribution in [3.63, 3.8) is 0 Å². The molecule has 1 aromatic heterocycles. The maximum absolute atomic E-state index is 13.7. The number of carbonyl (C=O) groups excluding carboxylic acids is 1. The summed E-state index contributed by atoms with van der Waals surface area (Å²) in [6.45, 7) is 2.47. The summed E-state index contributed by atoms with van der Waals surface area (Å²) >= 11 is 0. The average Bonchev–Trinajstić information content (AvgIpc) is 3.26. The molecule has 0 saturated heterocycles. The number of nitrogens with zero attached hydrogens (tertiary/aromatic N) is 2. The molecule has 1 amide bonds. The van der Waals surface area contributed by atoms with Gasteiger partial charge in [-0.05, 0) is 42.3 Å². The van der Waals surface area contributed by atoms with Crippen LogP contribution in [0.2, 0.25) is 0 Å². The Hall–Kier alpha value is -4.19. The number of nitrogens with one attached hydrogen (secondary N) is 2. The molecule has 10 nitrogen and oxygen atoms in total. The molecule has 0 fully saturated rings. The van der Waals surface area contributed by atoms with Crippen molar-refractivity contribution in [2.75, 3.05) is 6.54 Å². The van der Waals surface area contributed by atoms with E-state index in [4.69, 9.17) is 4.74 Å². The van der Waals surface area contributed by atoms with Crippen LogP contribution in [-0.4, -0.2) is 40.2 Å². The Bertz CT molecular complexity index is 1650. The van der Waals surface area contributed by atoms with E-state index in [-0.39, 0.29) is 30.0 Å². The lowest BCUT2D eigenvalue weighted by Crippen LogP contribution is -2.48. The Labute approximate surface area is 225 Å². The summed E-state index contributed by atoms with van der Waals surface area (Å²) in [6.07, 6.45) is 0.193. The van der Waals surface area contributed by atoms with Crippen LogP contribution in [0.4, 0.5) is 0 Å². The lowest BCUT2D eigenvalue weighted by Gasteiger charge is -2.32. The first-order chi connectivity index (χ1) is 18.8. The van der Waals surface area contributed by atoms with E-state index in [1.807, 2.05) is 61.5 Å². The Kier molecular flexibility index (Phi) is 7.38. The van der Waals surface area contributed by atoms with Gasteiger partial charge in [-0.2, -0.15) is 4.31 Å². The molecule has 1 atom stereocenters. The minimum Gasteiger partial charge on any atom is -0.489 e. The monoisotopic (exact) mass is 548 g/mol. The van der Waals surface area contributed by atoms with Crippen LogP contribution in [0, 0.1) is 6.92 Å². The van der Waals surface area contributed by atoms with Gasteiger partial charge in [0.05, 0.1) is 17.0 Å². The lowest BCUT2D eigenvalue weighted by molar-refractivity contribution is -0.133. The summed E-state index contributed by atoms with van der Waals surface area (Å²) in [5.74, 6) is -0.531. The number of benzene rings is 3. The quantitative estimate of drug-likeness (QED) is 0.229. The summed E-state index contributed by atoms with van der Waals surface area (Å²) in [5, 5.41) is 12.5. The zero-order chi connectivity index (χ0) is 27.6. The number of aromatic amines is 1. The lowest BCUT2D eigenvalue weighted by atomic mass is 10.0. The van der Waals surface area contributed by atoms with E-state index in [0.717, 1.165) is 21.0 Å². The predicted octanol–water partition coefficient (Wildman–Crippen LogP) is 2.91. The van der Waals surface area contributed by atoms with Crippen LogP contribution < -0.4 is 15.8 Å². The van der Waals surface area contributed by atoms with Crippen molar-refractivity contribution in [2.24, 2.45) is 0 Å². The van der Waals surface area contributed by atoms with Gasteiger partial charge in [-0.1, -0.05) is 60.2 Å². The predicted molar refractivity (Wildman–Crippen MR) is 143 cm³/mol. The highest BCUT2D eigenvalue weighted by molar-refractivity contribution is 7.89. The third kappa shape index (κ3) is 5.37. The number of hydrogen-bond donors (Lipinski definition) is 3. The highest BCUT2D eigenvalue weighted by Gasteiger charge is 2.43. The van der Waals surface area contributed by atoms with Crippen LogP contribution in [0.5, 0.6) is 5.75 Å². The number of H-pyrrole nitrogens is 1. The van der Waals surface area contributed by atoms with Crippen LogP contribution in [0.25, 0.3) is 0 Å². The van der Waals surface area contributed by atoms with Crippen molar-refractivity contribution in [3.8, 4) is 5.75 Å². The van der Waals surface area contributed by atoms with Crippen molar-refractivity contribution < 1.29 is 23.2 Å². The molecule has 11 heteroatoms. The topological polar surface area (TPSA) is 134 Å².